The molecule has 0 amide bonds. The Hall–Kier alpha value is -0.120. The van der Waals surface area contributed by atoms with Crippen LogP contribution in [0.15, 0.2) is 0 Å². The second kappa shape index (κ2) is 2.96. The largest absolute Gasteiger partial charge is 0.377 e. The van der Waals surface area contributed by atoms with E-state index in [1.54, 1.807) is 0 Å². The molecule has 0 heterocycles. The molecular formula is C4H12N2O. The summed E-state index contributed by atoms with van der Waals surface area (Å²) < 4.78 is 0. The van der Waals surface area contributed by atoms with Gasteiger partial charge in [0.1, 0.15) is 6.23 Å². The van der Waals surface area contributed by atoms with E-state index >= 15 is 0 Å². The Bertz CT molecular complexity index is 47.0. The van der Waals surface area contributed by atoms with Gasteiger partial charge in [-0.15, -0.1) is 0 Å². The molecule has 2 atom stereocenters. The van der Waals surface area contributed by atoms with Gasteiger partial charge in [0.2, 0.25) is 0 Å². The van der Waals surface area contributed by atoms with E-state index in [2.05, 4.69) is 0 Å². The van der Waals surface area contributed by atoms with Crippen LogP contribution in [0.4, 0.5) is 0 Å². The van der Waals surface area contributed by atoms with Gasteiger partial charge in [-0.3, -0.25) is 0 Å². The first-order chi connectivity index (χ1) is 3.18. The van der Waals surface area contributed by atoms with Gasteiger partial charge in [0.15, 0.2) is 0 Å². The predicted octanol–water partition coefficient (Wildman–Crippen LogP) is -0.999. The zero-order valence-corrected chi connectivity index (χ0v) is 4.46. The van der Waals surface area contributed by atoms with Crippen molar-refractivity contribution in [1.82, 2.24) is 0 Å². The minimum atomic E-state index is -0.856. The van der Waals surface area contributed by atoms with Crippen molar-refractivity contribution in [2.24, 2.45) is 11.5 Å². The minimum Gasteiger partial charge on any atom is -0.377 e. The van der Waals surface area contributed by atoms with Crippen LogP contribution in [0, 0.1) is 0 Å². The molecule has 0 rings (SSSR count). The Morgan fingerprint density at radius 3 is 2.00 bits per heavy atom. The summed E-state index contributed by atoms with van der Waals surface area (Å²) in [7, 11) is 0. The molecule has 5 N–H and O–H groups in total. The van der Waals surface area contributed by atoms with E-state index in [1.807, 2.05) is 6.92 Å². The summed E-state index contributed by atoms with van der Waals surface area (Å²) >= 11 is 0. The highest BCUT2D eigenvalue weighted by Crippen LogP contribution is 1.85. The topological polar surface area (TPSA) is 72.3 Å². The van der Waals surface area contributed by atoms with E-state index < -0.39 is 6.23 Å². The maximum absolute atomic E-state index is 8.47. The molecule has 3 nitrogen and oxygen atoms in total. The highest BCUT2D eigenvalue weighted by Gasteiger charge is 2.03. The summed E-state index contributed by atoms with van der Waals surface area (Å²) in [6.45, 7) is 1.88. The van der Waals surface area contributed by atoms with Crippen LogP contribution in [0.1, 0.15) is 13.3 Å². The van der Waals surface area contributed by atoms with Gasteiger partial charge >= 0.3 is 0 Å². The summed E-state index contributed by atoms with van der Waals surface area (Å²) in [6, 6.07) is -0.264. The Balaban J connectivity index is 3.14. The Morgan fingerprint density at radius 2 is 2.00 bits per heavy atom. The molecule has 0 fully saturated rings. The third kappa shape index (κ3) is 2.56. The van der Waals surface area contributed by atoms with Gasteiger partial charge in [0, 0.05) is 6.04 Å². The molecule has 0 bridgehead atoms. The van der Waals surface area contributed by atoms with Crippen molar-refractivity contribution in [2.75, 3.05) is 0 Å². The lowest BCUT2D eigenvalue weighted by Gasteiger charge is -2.09. The monoisotopic (exact) mass is 104 g/mol. The fourth-order valence-electron chi connectivity index (χ4n) is 0.241. The van der Waals surface area contributed by atoms with Crippen molar-refractivity contribution in [3.63, 3.8) is 0 Å². The number of aliphatic hydroxyl groups excluding tert-OH is 1. The summed E-state index contributed by atoms with van der Waals surface area (Å²) in [4.78, 5) is 0. The fourth-order valence-corrected chi connectivity index (χ4v) is 0.241. The van der Waals surface area contributed by atoms with Crippen molar-refractivity contribution < 1.29 is 5.11 Å². The lowest BCUT2D eigenvalue weighted by molar-refractivity contribution is 0.149. The van der Waals surface area contributed by atoms with E-state index in [-0.39, 0.29) is 6.04 Å². The standard InChI is InChI=1S/C4H12N2O/c1-2-3(5)4(6)7/h3-4,7H,2,5-6H2,1H3/t3?,4-/m1/s1. The third-order valence-corrected chi connectivity index (χ3v) is 0.910. The Kier molecular flexibility index (Phi) is 2.91. The van der Waals surface area contributed by atoms with Gasteiger partial charge < -0.3 is 16.6 Å². The highest BCUT2D eigenvalue weighted by atomic mass is 16.3. The van der Waals surface area contributed by atoms with Gasteiger partial charge in [-0.05, 0) is 6.42 Å². The van der Waals surface area contributed by atoms with E-state index in [9.17, 15) is 0 Å². The molecule has 0 radical (unpaired) electrons. The highest BCUT2D eigenvalue weighted by molar-refractivity contribution is 4.61. The van der Waals surface area contributed by atoms with Gasteiger partial charge in [-0.25, -0.2) is 0 Å². The van der Waals surface area contributed by atoms with Crippen LogP contribution in [0.2, 0.25) is 0 Å². The van der Waals surface area contributed by atoms with E-state index in [4.69, 9.17) is 16.6 Å². The van der Waals surface area contributed by atoms with Gasteiger partial charge in [0.25, 0.3) is 0 Å². The predicted molar refractivity (Wildman–Crippen MR) is 28.5 cm³/mol. The number of hydrogen-bond acceptors (Lipinski definition) is 3. The molecule has 0 aliphatic rings. The van der Waals surface area contributed by atoms with Crippen LogP contribution in [0.3, 0.4) is 0 Å². The van der Waals surface area contributed by atoms with Crippen LogP contribution in [0.5, 0.6) is 0 Å². The molecule has 0 aromatic carbocycles. The van der Waals surface area contributed by atoms with Crippen LogP contribution in [-0.4, -0.2) is 17.4 Å². The molecule has 1 unspecified atom stereocenters. The van der Waals surface area contributed by atoms with Crippen molar-refractivity contribution in [3.8, 4) is 0 Å². The quantitative estimate of drug-likeness (QED) is 0.393. The molecule has 0 aliphatic carbocycles. The molecule has 0 aromatic rings. The first-order valence-electron chi connectivity index (χ1n) is 2.37. The summed E-state index contributed by atoms with van der Waals surface area (Å²) in [5.74, 6) is 0. The van der Waals surface area contributed by atoms with E-state index in [0.717, 1.165) is 6.42 Å². The molecule has 0 saturated heterocycles. The zero-order chi connectivity index (χ0) is 5.86. The summed E-state index contributed by atoms with van der Waals surface area (Å²) in [5.41, 5.74) is 10.2. The summed E-state index contributed by atoms with van der Waals surface area (Å²) in [6.07, 6.45) is -0.137. The molecular weight excluding hydrogens is 92.1 g/mol. The maximum Gasteiger partial charge on any atom is 0.117 e. The third-order valence-electron chi connectivity index (χ3n) is 0.910. The average Bonchev–Trinajstić information content (AvgIpc) is 1.65. The van der Waals surface area contributed by atoms with Crippen molar-refractivity contribution in [3.05, 3.63) is 0 Å². The Labute approximate surface area is 43.3 Å². The molecule has 3 heteroatoms. The van der Waals surface area contributed by atoms with Crippen LogP contribution >= 0.6 is 0 Å². The van der Waals surface area contributed by atoms with Crippen molar-refractivity contribution in [2.45, 2.75) is 25.6 Å². The lowest BCUT2D eigenvalue weighted by Crippen LogP contribution is -2.40. The summed E-state index contributed by atoms with van der Waals surface area (Å²) in [5, 5.41) is 8.47. The SMILES string of the molecule is CCC(N)[C@H](N)O. The molecule has 0 spiro atoms. The molecule has 0 saturated carbocycles. The lowest BCUT2D eigenvalue weighted by atomic mass is 10.2. The first kappa shape index (κ1) is 6.88. The van der Waals surface area contributed by atoms with Gasteiger partial charge in [0.05, 0.1) is 0 Å². The normalized spacial score (nSPS) is 18.9. The first-order valence-corrected chi connectivity index (χ1v) is 2.37. The second-order valence-electron chi connectivity index (χ2n) is 1.56. The van der Waals surface area contributed by atoms with Gasteiger partial charge in [-0.2, -0.15) is 0 Å². The molecule has 7 heavy (non-hydrogen) atoms. The van der Waals surface area contributed by atoms with Crippen molar-refractivity contribution >= 4 is 0 Å². The van der Waals surface area contributed by atoms with Crippen LogP contribution < -0.4 is 11.5 Å². The van der Waals surface area contributed by atoms with Gasteiger partial charge in [-0.1, -0.05) is 6.92 Å². The average molecular weight is 104 g/mol. The number of aliphatic hydroxyl groups is 1. The van der Waals surface area contributed by atoms with E-state index in [1.165, 1.54) is 0 Å². The molecule has 0 aromatic heterocycles. The number of hydrogen-bond donors (Lipinski definition) is 3. The van der Waals surface area contributed by atoms with E-state index in [0.29, 0.717) is 0 Å². The van der Waals surface area contributed by atoms with Crippen LogP contribution in [0.25, 0.3) is 0 Å². The Morgan fingerprint density at radius 1 is 1.57 bits per heavy atom. The minimum absolute atomic E-state index is 0.264. The zero-order valence-electron chi connectivity index (χ0n) is 4.46. The maximum atomic E-state index is 8.47. The number of rotatable bonds is 2. The molecule has 0 aliphatic heterocycles. The van der Waals surface area contributed by atoms with Crippen LogP contribution in [-0.2, 0) is 0 Å². The smallest absolute Gasteiger partial charge is 0.117 e. The fraction of sp³-hybridized carbons (Fsp3) is 1.00. The van der Waals surface area contributed by atoms with Crippen molar-refractivity contribution in [1.29, 1.82) is 0 Å². The molecule has 44 valence electrons. The number of nitrogens with two attached hydrogens (primary N) is 2. The second-order valence-corrected chi connectivity index (χ2v) is 1.56.